The molecule has 2 saturated heterocycles. The minimum absolute atomic E-state index is 0.0347. The van der Waals surface area contributed by atoms with Crippen LogP contribution in [0.1, 0.15) is 61.8 Å². The summed E-state index contributed by atoms with van der Waals surface area (Å²) in [5.41, 5.74) is 0. The van der Waals surface area contributed by atoms with Gasteiger partial charge in [0.25, 0.3) is 0 Å². The van der Waals surface area contributed by atoms with E-state index in [0.29, 0.717) is 12.2 Å². The number of hydrogen-bond acceptors (Lipinski definition) is 20. The Kier molecular flexibility index (Phi) is 17.7. The van der Waals surface area contributed by atoms with Crippen LogP contribution in [0.15, 0.2) is 0 Å². The smallest absolute Gasteiger partial charge is 0.303 e. The summed E-state index contributed by atoms with van der Waals surface area (Å²) in [6.07, 6.45) is -15.3. The second-order valence-corrected chi connectivity index (χ2v) is 12.5. The fourth-order valence-corrected chi connectivity index (χ4v) is 5.63. The number of esters is 7. The van der Waals surface area contributed by atoms with Gasteiger partial charge in [-0.1, -0.05) is 11.8 Å². The molecular formula is C31H44O19S. The van der Waals surface area contributed by atoms with Gasteiger partial charge in [-0.2, -0.15) is 0 Å². The molecule has 0 aromatic rings. The molecule has 0 radical (unpaired) electrons. The Labute approximate surface area is 297 Å². The fraction of sp³-hybridized carbons (Fsp3) is 0.742. The van der Waals surface area contributed by atoms with Crippen molar-refractivity contribution in [3.05, 3.63) is 0 Å². The van der Waals surface area contributed by atoms with Gasteiger partial charge in [-0.05, 0) is 6.42 Å². The third-order valence-electron chi connectivity index (χ3n) is 6.76. The SMILES string of the molecule is CC(=O)OC[C@H]1O[C@H](O[C@@H]2[C@H](OC(C)=O)[C@@H](OCCCSC(C)=O)O[C@H](COC(C)=O)[C@H]2OC(C)=O)[C@@H](OC(C)=O)[C@@H](OC(C)=O)[C@@H]1OC(C)=O. The Balaban J connectivity index is 2.71. The van der Waals surface area contributed by atoms with Crippen LogP contribution >= 0.6 is 11.8 Å². The molecule has 0 aliphatic carbocycles. The molecule has 2 heterocycles. The van der Waals surface area contributed by atoms with E-state index in [4.69, 9.17) is 52.1 Å². The molecule has 0 saturated carbocycles. The second kappa shape index (κ2) is 20.9. The van der Waals surface area contributed by atoms with Crippen LogP contribution in [0.4, 0.5) is 0 Å². The van der Waals surface area contributed by atoms with Crippen molar-refractivity contribution < 1.29 is 90.5 Å². The molecule has 0 unspecified atom stereocenters. The summed E-state index contributed by atoms with van der Waals surface area (Å²) in [6.45, 7) is 7.72. The van der Waals surface area contributed by atoms with Crippen molar-refractivity contribution >= 4 is 58.7 Å². The first kappa shape index (κ1) is 43.3. The molecule has 0 N–H and O–H groups in total. The van der Waals surface area contributed by atoms with Gasteiger partial charge in [0.2, 0.25) is 0 Å². The lowest BCUT2D eigenvalue weighted by Crippen LogP contribution is -2.67. The second-order valence-electron chi connectivity index (χ2n) is 11.2. The maximum Gasteiger partial charge on any atom is 0.303 e. The maximum atomic E-state index is 12.4. The summed E-state index contributed by atoms with van der Waals surface area (Å²) in [4.78, 5) is 96.6. The van der Waals surface area contributed by atoms with E-state index >= 15 is 0 Å². The van der Waals surface area contributed by atoms with E-state index in [2.05, 4.69) is 0 Å². The summed E-state index contributed by atoms with van der Waals surface area (Å²) in [7, 11) is 0. The molecule has 0 spiro atoms. The van der Waals surface area contributed by atoms with Gasteiger partial charge < -0.3 is 52.1 Å². The quantitative estimate of drug-likeness (QED) is 0.117. The minimum Gasteiger partial charge on any atom is -0.463 e. The molecule has 0 bridgehead atoms. The minimum atomic E-state index is -1.81. The Morgan fingerprint density at radius 1 is 0.490 bits per heavy atom. The predicted molar refractivity (Wildman–Crippen MR) is 167 cm³/mol. The lowest BCUT2D eigenvalue weighted by molar-refractivity contribution is -0.361. The lowest BCUT2D eigenvalue weighted by Gasteiger charge is -2.48. The number of hydrogen-bond donors (Lipinski definition) is 0. The zero-order valence-corrected chi connectivity index (χ0v) is 30.3. The van der Waals surface area contributed by atoms with Gasteiger partial charge in [0.05, 0.1) is 6.61 Å². The standard InChI is InChI=1S/C31H44O19S/c1-14(32)41-12-22-25(44-17(4)35)27(28(46-19(6)37)30(48-22)40-10-9-11-51-21(8)39)50-31-29(47-20(7)38)26(45-18(5)36)24(43-16(3)34)23(49-31)13-42-15(2)33/h22-31H,9-13H2,1-8H3/t22-,23-,24-,25-,26+,27+,28+,29+,30+,31-/m1/s1. The molecule has 51 heavy (non-hydrogen) atoms. The van der Waals surface area contributed by atoms with E-state index in [0.717, 1.165) is 60.2 Å². The van der Waals surface area contributed by atoms with Crippen molar-refractivity contribution in [2.24, 2.45) is 0 Å². The molecule has 20 heteroatoms. The van der Waals surface area contributed by atoms with Crippen LogP contribution in [0.2, 0.25) is 0 Å². The predicted octanol–water partition coefficient (Wildman–Crippen LogP) is 0.293. The average Bonchev–Trinajstić information content (AvgIpc) is 2.99. The number of thioether (sulfide) groups is 1. The molecule has 0 amide bonds. The highest BCUT2D eigenvalue weighted by molar-refractivity contribution is 8.13. The first-order valence-electron chi connectivity index (χ1n) is 15.7. The summed E-state index contributed by atoms with van der Waals surface area (Å²) in [5, 5.41) is -0.120. The van der Waals surface area contributed by atoms with Crippen LogP contribution in [0.3, 0.4) is 0 Å². The molecule has 19 nitrogen and oxygen atoms in total. The normalized spacial score (nSPS) is 28.7. The monoisotopic (exact) mass is 752 g/mol. The number of carbonyl (C=O) groups excluding carboxylic acids is 8. The van der Waals surface area contributed by atoms with E-state index in [1.54, 1.807) is 0 Å². The van der Waals surface area contributed by atoms with Crippen molar-refractivity contribution in [1.82, 2.24) is 0 Å². The van der Waals surface area contributed by atoms with E-state index in [-0.39, 0.29) is 11.7 Å². The highest BCUT2D eigenvalue weighted by atomic mass is 32.2. The molecule has 2 aliphatic rings. The zero-order chi connectivity index (χ0) is 38.4. The van der Waals surface area contributed by atoms with Crippen LogP contribution < -0.4 is 0 Å². The number of rotatable bonds is 16. The molecule has 2 rings (SSSR count). The van der Waals surface area contributed by atoms with Crippen molar-refractivity contribution in [2.45, 2.75) is 123 Å². The molecule has 10 atom stereocenters. The van der Waals surface area contributed by atoms with Gasteiger partial charge in [0.15, 0.2) is 48.2 Å². The first-order valence-corrected chi connectivity index (χ1v) is 16.7. The maximum absolute atomic E-state index is 12.4. The van der Waals surface area contributed by atoms with Gasteiger partial charge in [0.1, 0.15) is 31.5 Å². The zero-order valence-electron chi connectivity index (χ0n) is 29.5. The van der Waals surface area contributed by atoms with Crippen LogP contribution in [0, 0.1) is 0 Å². The molecule has 0 aromatic heterocycles. The third kappa shape index (κ3) is 14.7. The van der Waals surface area contributed by atoms with E-state index in [1.807, 2.05) is 0 Å². The van der Waals surface area contributed by atoms with Crippen molar-refractivity contribution in [2.75, 3.05) is 25.6 Å². The lowest BCUT2D eigenvalue weighted by atomic mass is 9.96. The Morgan fingerprint density at radius 3 is 1.31 bits per heavy atom. The van der Waals surface area contributed by atoms with Crippen molar-refractivity contribution in [3.63, 3.8) is 0 Å². The van der Waals surface area contributed by atoms with Gasteiger partial charge in [-0.3, -0.25) is 38.4 Å². The van der Waals surface area contributed by atoms with Crippen LogP contribution in [0.5, 0.6) is 0 Å². The molecule has 0 aromatic carbocycles. The van der Waals surface area contributed by atoms with Crippen LogP contribution in [0.25, 0.3) is 0 Å². The Morgan fingerprint density at radius 2 is 0.882 bits per heavy atom. The van der Waals surface area contributed by atoms with Crippen molar-refractivity contribution in [1.29, 1.82) is 0 Å². The first-order chi connectivity index (χ1) is 23.9. The summed E-state index contributed by atoms with van der Waals surface area (Å²) in [6, 6.07) is 0. The van der Waals surface area contributed by atoms with Crippen LogP contribution in [-0.4, -0.2) is 134 Å². The van der Waals surface area contributed by atoms with Gasteiger partial charge in [0, 0.05) is 61.1 Å². The highest BCUT2D eigenvalue weighted by Gasteiger charge is 2.57. The largest absolute Gasteiger partial charge is 0.463 e. The Bertz CT molecular complexity index is 1270. The molecule has 2 aliphatic heterocycles. The van der Waals surface area contributed by atoms with E-state index in [9.17, 15) is 38.4 Å². The summed E-state index contributed by atoms with van der Waals surface area (Å²) < 4.78 is 62.0. The molecule has 2 fully saturated rings. The summed E-state index contributed by atoms with van der Waals surface area (Å²) >= 11 is 1.05. The highest BCUT2D eigenvalue weighted by Crippen LogP contribution is 2.35. The van der Waals surface area contributed by atoms with Gasteiger partial charge in [-0.15, -0.1) is 0 Å². The van der Waals surface area contributed by atoms with Crippen molar-refractivity contribution in [3.8, 4) is 0 Å². The van der Waals surface area contributed by atoms with Crippen LogP contribution in [-0.2, 0) is 90.5 Å². The number of ether oxygens (including phenoxy) is 11. The molecule has 288 valence electrons. The van der Waals surface area contributed by atoms with Gasteiger partial charge >= 0.3 is 41.8 Å². The summed E-state index contributed by atoms with van der Waals surface area (Å²) in [5.74, 6) is -5.52. The molecular weight excluding hydrogens is 708 g/mol. The average molecular weight is 753 g/mol. The number of carbonyl (C=O) groups is 8. The fourth-order valence-electron chi connectivity index (χ4n) is 5.08. The Hall–Kier alpha value is -3.85. The van der Waals surface area contributed by atoms with Gasteiger partial charge in [-0.25, -0.2) is 0 Å². The van der Waals surface area contributed by atoms with E-state index in [1.165, 1.54) is 6.92 Å². The third-order valence-corrected chi connectivity index (χ3v) is 7.66. The van der Waals surface area contributed by atoms with E-state index < -0.39 is 116 Å². The topological polar surface area (TPSA) is 238 Å².